The van der Waals surface area contributed by atoms with Gasteiger partial charge in [0, 0.05) is 16.2 Å². The van der Waals surface area contributed by atoms with E-state index in [-0.39, 0.29) is 5.84 Å². The van der Waals surface area contributed by atoms with E-state index < -0.39 is 0 Å². The van der Waals surface area contributed by atoms with E-state index in [1.807, 2.05) is 24.3 Å². The van der Waals surface area contributed by atoms with Gasteiger partial charge in [0.25, 0.3) is 0 Å². The molecule has 4 heteroatoms. The molecule has 2 rings (SSSR count). The Hall–Kier alpha value is -1.94. The highest BCUT2D eigenvalue weighted by atomic mass is 32.2. The summed E-state index contributed by atoms with van der Waals surface area (Å²) in [5.74, 6) is 1.07. The first-order valence-corrected chi connectivity index (χ1v) is 6.94. The Morgan fingerprint density at radius 2 is 1.95 bits per heavy atom. The number of benzene rings is 2. The molecule has 19 heavy (non-hydrogen) atoms. The van der Waals surface area contributed by atoms with E-state index in [0.29, 0.717) is 0 Å². The van der Waals surface area contributed by atoms with Crippen LogP contribution in [0.3, 0.4) is 0 Å². The highest BCUT2D eigenvalue weighted by Crippen LogP contribution is 2.23. The van der Waals surface area contributed by atoms with E-state index >= 15 is 0 Å². The zero-order valence-electron chi connectivity index (χ0n) is 10.7. The van der Waals surface area contributed by atoms with Crippen molar-refractivity contribution in [2.45, 2.75) is 17.6 Å². The normalized spacial score (nSPS) is 11.5. The fraction of sp³-hybridized carbons (Fsp3) is 0.133. The van der Waals surface area contributed by atoms with Crippen molar-refractivity contribution in [3.05, 3.63) is 65.2 Å². The molecule has 0 aliphatic carbocycles. The second-order valence-corrected chi connectivity index (χ2v) is 5.34. The first kappa shape index (κ1) is 13.5. The number of aryl methyl sites for hydroxylation is 1. The highest BCUT2D eigenvalue weighted by molar-refractivity contribution is 7.98. The van der Waals surface area contributed by atoms with Crippen molar-refractivity contribution in [3.8, 4) is 0 Å². The van der Waals surface area contributed by atoms with E-state index in [0.717, 1.165) is 16.2 Å². The summed E-state index contributed by atoms with van der Waals surface area (Å²) >= 11 is 1.77. The van der Waals surface area contributed by atoms with Crippen molar-refractivity contribution in [2.24, 2.45) is 10.9 Å². The molecule has 0 heterocycles. The molecular formula is C15H16N2OS. The Morgan fingerprint density at radius 1 is 1.21 bits per heavy atom. The summed E-state index contributed by atoms with van der Waals surface area (Å²) in [6.45, 7) is 2.10. The van der Waals surface area contributed by atoms with Crippen LogP contribution in [-0.4, -0.2) is 11.0 Å². The fourth-order valence-corrected chi connectivity index (χ4v) is 2.59. The minimum absolute atomic E-state index is 0.134. The van der Waals surface area contributed by atoms with Crippen molar-refractivity contribution in [1.82, 2.24) is 0 Å². The van der Waals surface area contributed by atoms with Gasteiger partial charge < -0.3 is 10.9 Å². The maximum Gasteiger partial charge on any atom is 0.170 e. The molecule has 0 aromatic heterocycles. The van der Waals surface area contributed by atoms with Crippen molar-refractivity contribution >= 4 is 17.6 Å². The summed E-state index contributed by atoms with van der Waals surface area (Å²) < 4.78 is 0. The predicted octanol–water partition coefficient (Wildman–Crippen LogP) is 3.38. The van der Waals surface area contributed by atoms with Crippen LogP contribution in [0.25, 0.3) is 0 Å². The van der Waals surface area contributed by atoms with Gasteiger partial charge in [-0.2, -0.15) is 0 Å². The number of amidine groups is 1. The van der Waals surface area contributed by atoms with Crippen LogP contribution in [0.4, 0.5) is 0 Å². The third-order valence-corrected chi connectivity index (χ3v) is 3.83. The number of rotatable bonds is 4. The standard InChI is InChI=1S/C15H16N2OS/c1-11-3-2-4-12(9-11)10-19-14-7-5-13(6-8-14)15(16)17-18/h2-9,18H,10H2,1H3,(H2,16,17). The Labute approximate surface area is 117 Å². The van der Waals surface area contributed by atoms with E-state index in [4.69, 9.17) is 10.9 Å². The van der Waals surface area contributed by atoms with E-state index in [1.54, 1.807) is 11.8 Å². The van der Waals surface area contributed by atoms with Crippen LogP contribution < -0.4 is 5.73 Å². The molecule has 0 saturated heterocycles. The first-order chi connectivity index (χ1) is 9.19. The van der Waals surface area contributed by atoms with Crippen LogP contribution in [0.5, 0.6) is 0 Å². The van der Waals surface area contributed by atoms with Crippen LogP contribution in [0.15, 0.2) is 58.6 Å². The van der Waals surface area contributed by atoms with Gasteiger partial charge in [-0.25, -0.2) is 0 Å². The highest BCUT2D eigenvalue weighted by Gasteiger charge is 2.00. The number of hydrogen-bond donors (Lipinski definition) is 2. The third kappa shape index (κ3) is 3.76. The lowest BCUT2D eigenvalue weighted by molar-refractivity contribution is 0.318. The Balaban J connectivity index is 2.00. The quantitative estimate of drug-likeness (QED) is 0.295. The van der Waals surface area contributed by atoms with Gasteiger partial charge in [-0.15, -0.1) is 11.8 Å². The average Bonchev–Trinajstić information content (AvgIpc) is 2.45. The smallest absolute Gasteiger partial charge is 0.170 e. The average molecular weight is 272 g/mol. The summed E-state index contributed by atoms with van der Waals surface area (Å²) in [7, 11) is 0. The summed E-state index contributed by atoms with van der Waals surface area (Å²) in [6.07, 6.45) is 0. The van der Waals surface area contributed by atoms with Crippen molar-refractivity contribution in [1.29, 1.82) is 0 Å². The molecule has 0 atom stereocenters. The molecule has 0 radical (unpaired) electrons. The second kappa shape index (κ2) is 6.29. The number of nitrogens with two attached hydrogens (primary N) is 1. The van der Waals surface area contributed by atoms with Crippen molar-refractivity contribution in [2.75, 3.05) is 0 Å². The van der Waals surface area contributed by atoms with Crippen LogP contribution >= 0.6 is 11.8 Å². The molecule has 0 unspecified atom stereocenters. The lowest BCUT2D eigenvalue weighted by atomic mass is 10.2. The van der Waals surface area contributed by atoms with Gasteiger partial charge in [0.05, 0.1) is 0 Å². The summed E-state index contributed by atoms with van der Waals surface area (Å²) in [5.41, 5.74) is 8.83. The molecule has 0 bridgehead atoms. The van der Waals surface area contributed by atoms with Crippen molar-refractivity contribution < 1.29 is 5.21 Å². The third-order valence-electron chi connectivity index (χ3n) is 2.75. The molecule has 98 valence electrons. The van der Waals surface area contributed by atoms with E-state index in [9.17, 15) is 0 Å². The van der Waals surface area contributed by atoms with Gasteiger partial charge in [-0.05, 0) is 24.6 Å². The van der Waals surface area contributed by atoms with Gasteiger partial charge >= 0.3 is 0 Å². The molecule has 0 aliphatic heterocycles. The predicted molar refractivity (Wildman–Crippen MR) is 79.7 cm³/mol. The number of nitrogens with zero attached hydrogens (tertiary/aromatic N) is 1. The van der Waals surface area contributed by atoms with Gasteiger partial charge in [0.2, 0.25) is 0 Å². The minimum Gasteiger partial charge on any atom is -0.409 e. The molecule has 0 fully saturated rings. The molecule has 0 spiro atoms. The molecule has 3 N–H and O–H groups in total. The van der Waals surface area contributed by atoms with Crippen LogP contribution in [-0.2, 0) is 5.75 Å². The maximum atomic E-state index is 8.59. The number of hydrogen-bond acceptors (Lipinski definition) is 3. The Kier molecular flexibility index (Phi) is 4.47. The Morgan fingerprint density at radius 3 is 2.58 bits per heavy atom. The Bertz CT molecular complexity index is 579. The largest absolute Gasteiger partial charge is 0.409 e. The topological polar surface area (TPSA) is 58.6 Å². The molecule has 0 aliphatic rings. The number of oxime groups is 1. The van der Waals surface area contributed by atoms with Gasteiger partial charge in [-0.3, -0.25) is 0 Å². The summed E-state index contributed by atoms with van der Waals surface area (Å²) in [5, 5.41) is 11.6. The second-order valence-electron chi connectivity index (χ2n) is 4.29. The van der Waals surface area contributed by atoms with Crippen molar-refractivity contribution in [3.63, 3.8) is 0 Å². The molecule has 2 aromatic carbocycles. The van der Waals surface area contributed by atoms with Crippen LogP contribution in [0.2, 0.25) is 0 Å². The monoisotopic (exact) mass is 272 g/mol. The summed E-state index contributed by atoms with van der Waals surface area (Å²) in [6, 6.07) is 16.2. The minimum atomic E-state index is 0.134. The molecule has 0 amide bonds. The van der Waals surface area contributed by atoms with Gasteiger partial charge in [0.15, 0.2) is 5.84 Å². The zero-order valence-corrected chi connectivity index (χ0v) is 11.5. The molecule has 0 saturated carbocycles. The van der Waals surface area contributed by atoms with Gasteiger partial charge in [-0.1, -0.05) is 47.1 Å². The molecule has 2 aromatic rings. The lowest BCUT2D eigenvalue weighted by Gasteiger charge is -2.04. The van der Waals surface area contributed by atoms with E-state index in [1.165, 1.54) is 11.1 Å². The van der Waals surface area contributed by atoms with Crippen LogP contribution in [0, 0.1) is 6.92 Å². The zero-order chi connectivity index (χ0) is 13.7. The molecule has 3 nitrogen and oxygen atoms in total. The van der Waals surface area contributed by atoms with Crippen LogP contribution in [0.1, 0.15) is 16.7 Å². The lowest BCUT2D eigenvalue weighted by Crippen LogP contribution is -2.12. The molecular weight excluding hydrogens is 256 g/mol. The fourth-order valence-electron chi connectivity index (χ4n) is 1.75. The summed E-state index contributed by atoms with van der Waals surface area (Å²) in [4.78, 5) is 1.16. The maximum absolute atomic E-state index is 8.59. The number of thioether (sulfide) groups is 1. The SMILES string of the molecule is Cc1cccc(CSc2ccc(C(N)=NO)cc2)c1. The first-order valence-electron chi connectivity index (χ1n) is 5.95. The van der Waals surface area contributed by atoms with Gasteiger partial charge in [0.1, 0.15) is 0 Å². The van der Waals surface area contributed by atoms with E-state index in [2.05, 4.69) is 36.3 Å².